The topological polar surface area (TPSA) is 39.2 Å². The first kappa shape index (κ1) is 14.7. The zero-order valence-corrected chi connectivity index (χ0v) is 13.8. The van der Waals surface area contributed by atoms with Crippen molar-refractivity contribution in [2.45, 2.75) is 6.92 Å². The molecule has 0 radical (unpaired) electrons. The van der Waals surface area contributed by atoms with Gasteiger partial charge in [0, 0.05) is 15.4 Å². The molecule has 2 aromatic carbocycles. The minimum Gasteiger partial charge on any atom is -0.465 e. The summed E-state index contributed by atoms with van der Waals surface area (Å²) >= 11 is 3.43. The predicted molar refractivity (Wildman–Crippen MR) is 91.0 cm³/mol. The number of para-hydroxylation sites is 1. The van der Waals surface area contributed by atoms with E-state index in [0.717, 1.165) is 32.2 Å². The van der Waals surface area contributed by atoms with Gasteiger partial charge in [0.2, 0.25) is 0 Å². The summed E-state index contributed by atoms with van der Waals surface area (Å²) in [6, 6.07) is 15.5. The quantitative estimate of drug-likeness (QED) is 0.622. The molecule has 0 aliphatic rings. The summed E-state index contributed by atoms with van der Waals surface area (Å²) in [6.07, 6.45) is 0. The predicted octanol–water partition coefficient (Wildman–Crippen LogP) is 4.76. The molecule has 0 fully saturated rings. The number of pyridine rings is 1. The Labute approximate surface area is 137 Å². The van der Waals surface area contributed by atoms with E-state index in [1.54, 1.807) is 0 Å². The van der Waals surface area contributed by atoms with Crippen LogP contribution in [0.25, 0.3) is 22.2 Å². The summed E-state index contributed by atoms with van der Waals surface area (Å²) in [4.78, 5) is 17.0. The number of aromatic nitrogens is 1. The van der Waals surface area contributed by atoms with E-state index in [1.807, 2.05) is 55.5 Å². The number of carbonyl (C=O) groups excluding carboxylic acids is 1. The lowest BCUT2D eigenvalue weighted by Crippen LogP contribution is -2.07. The summed E-state index contributed by atoms with van der Waals surface area (Å²) in [5.74, 6) is -0.338. The maximum absolute atomic E-state index is 12.2. The van der Waals surface area contributed by atoms with Crippen LogP contribution in [0.3, 0.4) is 0 Å². The molecule has 0 unspecified atom stereocenters. The maximum Gasteiger partial charge on any atom is 0.338 e. The molecule has 0 aliphatic carbocycles. The van der Waals surface area contributed by atoms with E-state index in [0.29, 0.717) is 5.56 Å². The van der Waals surface area contributed by atoms with E-state index in [-0.39, 0.29) is 5.97 Å². The zero-order valence-electron chi connectivity index (χ0n) is 12.3. The second-order valence-electron chi connectivity index (χ2n) is 4.98. The highest BCUT2D eigenvalue weighted by atomic mass is 79.9. The molecule has 1 heterocycles. The summed E-state index contributed by atoms with van der Waals surface area (Å²) in [5.41, 5.74) is 3.95. The van der Waals surface area contributed by atoms with Gasteiger partial charge in [0.15, 0.2) is 0 Å². The first-order chi connectivity index (χ1) is 10.6. The standard InChI is InChI=1S/C18H14BrNO2/c1-11-16(18(21)22-2)14-5-3-4-6-15(14)20-17(11)12-7-9-13(19)10-8-12/h3-10H,1-2H3. The minimum atomic E-state index is -0.338. The Morgan fingerprint density at radius 2 is 1.77 bits per heavy atom. The summed E-state index contributed by atoms with van der Waals surface area (Å²) in [5, 5.41) is 0.813. The summed E-state index contributed by atoms with van der Waals surface area (Å²) < 4.78 is 5.96. The average Bonchev–Trinajstić information content (AvgIpc) is 2.54. The number of fused-ring (bicyclic) bond motifs is 1. The molecule has 0 bridgehead atoms. The number of hydrogen-bond acceptors (Lipinski definition) is 3. The molecule has 0 saturated heterocycles. The lowest BCUT2D eigenvalue weighted by atomic mass is 9.98. The van der Waals surface area contributed by atoms with Gasteiger partial charge in [-0.2, -0.15) is 0 Å². The van der Waals surface area contributed by atoms with E-state index >= 15 is 0 Å². The SMILES string of the molecule is COC(=O)c1c(C)c(-c2ccc(Br)cc2)nc2ccccc12. The van der Waals surface area contributed by atoms with Gasteiger partial charge in [0.1, 0.15) is 0 Å². The molecule has 0 amide bonds. The second-order valence-corrected chi connectivity index (χ2v) is 5.89. The van der Waals surface area contributed by atoms with E-state index in [2.05, 4.69) is 15.9 Å². The van der Waals surface area contributed by atoms with Gasteiger partial charge in [-0.15, -0.1) is 0 Å². The Hall–Kier alpha value is -2.20. The fourth-order valence-corrected chi connectivity index (χ4v) is 2.83. The third-order valence-corrected chi connectivity index (χ3v) is 4.17. The van der Waals surface area contributed by atoms with Crippen LogP contribution in [0.4, 0.5) is 0 Å². The number of halogens is 1. The van der Waals surface area contributed by atoms with Gasteiger partial charge in [0.25, 0.3) is 0 Å². The van der Waals surface area contributed by atoms with Gasteiger partial charge in [-0.25, -0.2) is 9.78 Å². The van der Waals surface area contributed by atoms with Crippen molar-refractivity contribution in [1.82, 2.24) is 4.98 Å². The van der Waals surface area contributed by atoms with Crippen LogP contribution < -0.4 is 0 Å². The molecule has 0 aliphatic heterocycles. The zero-order chi connectivity index (χ0) is 15.7. The highest BCUT2D eigenvalue weighted by Crippen LogP contribution is 2.30. The Morgan fingerprint density at radius 3 is 2.45 bits per heavy atom. The summed E-state index contributed by atoms with van der Waals surface area (Å²) in [7, 11) is 1.40. The van der Waals surface area contributed by atoms with Gasteiger partial charge in [-0.1, -0.05) is 46.3 Å². The van der Waals surface area contributed by atoms with Crippen LogP contribution in [0.1, 0.15) is 15.9 Å². The van der Waals surface area contributed by atoms with Crippen molar-refractivity contribution >= 4 is 32.8 Å². The number of benzene rings is 2. The molecule has 3 aromatic rings. The van der Waals surface area contributed by atoms with Crippen LogP contribution >= 0.6 is 15.9 Å². The number of rotatable bonds is 2. The molecule has 22 heavy (non-hydrogen) atoms. The lowest BCUT2D eigenvalue weighted by Gasteiger charge is -2.13. The van der Waals surface area contributed by atoms with Crippen molar-refractivity contribution in [3.05, 3.63) is 64.1 Å². The van der Waals surface area contributed by atoms with Crippen molar-refractivity contribution in [3.63, 3.8) is 0 Å². The maximum atomic E-state index is 12.2. The number of methoxy groups -OCH3 is 1. The normalized spacial score (nSPS) is 10.7. The molecule has 3 rings (SSSR count). The second kappa shape index (κ2) is 5.89. The molecular weight excluding hydrogens is 342 g/mol. The Bertz CT molecular complexity index is 857. The van der Waals surface area contributed by atoms with Gasteiger partial charge < -0.3 is 4.74 Å². The number of esters is 1. The molecule has 110 valence electrons. The van der Waals surface area contributed by atoms with E-state index < -0.39 is 0 Å². The fourth-order valence-electron chi connectivity index (χ4n) is 2.56. The third kappa shape index (κ3) is 2.50. The van der Waals surface area contributed by atoms with Gasteiger partial charge in [-0.05, 0) is 30.7 Å². The van der Waals surface area contributed by atoms with Crippen molar-refractivity contribution in [1.29, 1.82) is 0 Å². The molecule has 0 N–H and O–H groups in total. The number of nitrogens with zero attached hydrogens (tertiary/aromatic N) is 1. The molecule has 0 spiro atoms. The average molecular weight is 356 g/mol. The van der Waals surface area contributed by atoms with Crippen molar-refractivity contribution in [3.8, 4) is 11.3 Å². The van der Waals surface area contributed by atoms with E-state index in [4.69, 9.17) is 9.72 Å². The first-order valence-electron chi connectivity index (χ1n) is 6.85. The van der Waals surface area contributed by atoms with Gasteiger partial charge in [-0.3, -0.25) is 0 Å². The van der Waals surface area contributed by atoms with Crippen LogP contribution in [0.15, 0.2) is 53.0 Å². The summed E-state index contributed by atoms with van der Waals surface area (Å²) in [6.45, 7) is 1.91. The van der Waals surface area contributed by atoms with Crippen molar-refractivity contribution in [2.24, 2.45) is 0 Å². The molecule has 0 atom stereocenters. The Balaban J connectivity index is 2.34. The van der Waals surface area contributed by atoms with E-state index in [9.17, 15) is 4.79 Å². The Kier molecular flexibility index (Phi) is 3.94. The fraction of sp³-hybridized carbons (Fsp3) is 0.111. The van der Waals surface area contributed by atoms with Crippen LogP contribution in [-0.4, -0.2) is 18.1 Å². The van der Waals surface area contributed by atoms with Gasteiger partial charge in [0.05, 0.1) is 23.9 Å². The molecular formula is C18H14BrNO2. The number of hydrogen-bond donors (Lipinski definition) is 0. The molecule has 4 heteroatoms. The molecule has 1 aromatic heterocycles. The number of ether oxygens (including phenoxy) is 1. The lowest BCUT2D eigenvalue weighted by molar-refractivity contribution is 0.0602. The van der Waals surface area contributed by atoms with Gasteiger partial charge >= 0.3 is 5.97 Å². The van der Waals surface area contributed by atoms with Crippen molar-refractivity contribution in [2.75, 3.05) is 7.11 Å². The van der Waals surface area contributed by atoms with Crippen molar-refractivity contribution < 1.29 is 9.53 Å². The van der Waals surface area contributed by atoms with Crippen LogP contribution in [0.5, 0.6) is 0 Å². The highest BCUT2D eigenvalue weighted by molar-refractivity contribution is 9.10. The monoisotopic (exact) mass is 355 g/mol. The molecule has 3 nitrogen and oxygen atoms in total. The number of carbonyl (C=O) groups is 1. The first-order valence-corrected chi connectivity index (χ1v) is 7.64. The smallest absolute Gasteiger partial charge is 0.338 e. The van der Waals surface area contributed by atoms with Crippen LogP contribution in [0, 0.1) is 6.92 Å². The third-order valence-electron chi connectivity index (χ3n) is 3.64. The van der Waals surface area contributed by atoms with Crippen LogP contribution in [0.2, 0.25) is 0 Å². The van der Waals surface area contributed by atoms with Crippen LogP contribution in [-0.2, 0) is 4.74 Å². The van der Waals surface area contributed by atoms with E-state index in [1.165, 1.54) is 7.11 Å². The minimum absolute atomic E-state index is 0.338. The highest BCUT2D eigenvalue weighted by Gasteiger charge is 2.19. The largest absolute Gasteiger partial charge is 0.465 e. The Morgan fingerprint density at radius 1 is 1.09 bits per heavy atom. The molecule has 0 saturated carbocycles.